The number of anilines is 1. The Kier molecular flexibility index (Phi) is 5.40. The number of aryl methyl sites for hydroxylation is 1. The van der Waals surface area contributed by atoms with Crippen LogP contribution < -0.4 is 4.90 Å². The lowest BCUT2D eigenvalue weighted by molar-refractivity contribution is 0.0536. The van der Waals surface area contributed by atoms with Crippen molar-refractivity contribution in [3.8, 4) is 0 Å². The van der Waals surface area contributed by atoms with E-state index in [1.807, 2.05) is 12.1 Å². The first kappa shape index (κ1) is 20.4. The molecule has 5 heterocycles. The molecule has 6 nitrogen and oxygen atoms in total. The van der Waals surface area contributed by atoms with E-state index < -0.39 is 6.17 Å². The van der Waals surface area contributed by atoms with Crippen molar-refractivity contribution in [3.05, 3.63) is 59.7 Å². The fourth-order valence-corrected chi connectivity index (χ4v) is 5.08. The second-order valence-corrected chi connectivity index (χ2v) is 9.04. The molecule has 164 valence electrons. The van der Waals surface area contributed by atoms with E-state index in [0.29, 0.717) is 12.8 Å². The van der Waals surface area contributed by atoms with Gasteiger partial charge in [-0.3, -0.25) is 14.3 Å². The third kappa shape index (κ3) is 3.81. The zero-order chi connectivity index (χ0) is 21.5. The van der Waals surface area contributed by atoms with E-state index in [-0.39, 0.29) is 12.1 Å². The van der Waals surface area contributed by atoms with E-state index in [1.54, 1.807) is 6.20 Å². The van der Waals surface area contributed by atoms with Gasteiger partial charge < -0.3 is 9.80 Å². The average Bonchev–Trinajstić information content (AvgIpc) is 3.20. The maximum atomic E-state index is 14.9. The molecule has 0 aliphatic carbocycles. The number of piperidine rings is 1. The lowest BCUT2D eigenvalue weighted by Crippen LogP contribution is -2.45. The maximum Gasteiger partial charge on any atom is 0.138 e. The van der Waals surface area contributed by atoms with Gasteiger partial charge in [-0.15, -0.1) is 0 Å². The second kappa shape index (κ2) is 8.20. The molecule has 2 aliphatic rings. The molecule has 0 bridgehead atoms. The van der Waals surface area contributed by atoms with Crippen molar-refractivity contribution >= 4 is 11.5 Å². The first-order chi connectivity index (χ1) is 15.0. The SMILES string of the molecule is Cc1cccnc1[C@@H]1C[C@@H](F)C[C@H](c2cn3c(N4CCN(C)CC4)cccc3n2)N1C. The zero-order valence-corrected chi connectivity index (χ0v) is 18.6. The van der Waals surface area contributed by atoms with Crippen molar-refractivity contribution in [1.29, 1.82) is 0 Å². The Balaban J connectivity index is 1.48. The number of aromatic nitrogens is 3. The van der Waals surface area contributed by atoms with Gasteiger partial charge in [0.1, 0.15) is 17.6 Å². The Morgan fingerprint density at radius 2 is 1.74 bits per heavy atom. The van der Waals surface area contributed by atoms with Gasteiger partial charge in [0.2, 0.25) is 0 Å². The Labute approximate surface area is 183 Å². The molecule has 0 unspecified atom stereocenters. The molecule has 0 aromatic carbocycles. The molecule has 0 N–H and O–H groups in total. The van der Waals surface area contributed by atoms with Gasteiger partial charge in [-0.1, -0.05) is 12.1 Å². The number of halogens is 1. The molecule has 3 aromatic heterocycles. The normalized spacial score (nSPS) is 25.9. The van der Waals surface area contributed by atoms with Gasteiger partial charge in [0, 0.05) is 38.6 Å². The number of pyridine rings is 2. The van der Waals surface area contributed by atoms with Crippen LogP contribution in [0.1, 0.15) is 41.9 Å². The van der Waals surface area contributed by atoms with Crippen molar-refractivity contribution < 1.29 is 4.39 Å². The van der Waals surface area contributed by atoms with Crippen LogP contribution in [0.2, 0.25) is 0 Å². The van der Waals surface area contributed by atoms with Crippen LogP contribution in [-0.4, -0.2) is 70.6 Å². The van der Waals surface area contributed by atoms with Crippen molar-refractivity contribution in [1.82, 2.24) is 24.2 Å². The Bertz CT molecular complexity index is 1060. The van der Waals surface area contributed by atoms with E-state index >= 15 is 0 Å². The van der Waals surface area contributed by atoms with E-state index in [0.717, 1.165) is 54.6 Å². The van der Waals surface area contributed by atoms with Crippen LogP contribution in [-0.2, 0) is 0 Å². The average molecular weight is 423 g/mol. The van der Waals surface area contributed by atoms with Gasteiger partial charge in [0.05, 0.1) is 23.5 Å². The Hall–Kier alpha value is -2.51. The smallest absolute Gasteiger partial charge is 0.138 e. The summed E-state index contributed by atoms with van der Waals surface area (Å²) in [5.41, 5.74) is 3.94. The Morgan fingerprint density at radius 1 is 0.968 bits per heavy atom. The highest BCUT2D eigenvalue weighted by atomic mass is 19.1. The van der Waals surface area contributed by atoms with Crippen LogP contribution in [0.25, 0.3) is 5.65 Å². The minimum atomic E-state index is -0.866. The third-order valence-corrected chi connectivity index (χ3v) is 6.96. The highest BCUT2D eigenvalue weighted by molar-refractivity contribution is 5.53. The summed E-state index contributed by atoms with van der Waals surface area (Å²) in [5.74, 6) is 1.16. The lowest BCUT2D eigenvalue weighted by atomic mass is 9.90. The monoisotopic (exact) mass is 422 g/mol. The summed E-state index contributed by atoms with van der Waals surface area (Å²) >= 11 is 0. The number of piperazine rings is 1. The van der Waals surface area contributed by atoms with Crippen LogP contribution in [0.3, 0.4) is 0 Å². The molecule has 3 atom stereocenters. The van der Waals surface area contributed by atoms with Crippen molar-refractivity contribution in [2.75, 3.05) is 45.2 Å². The molecule has 5 rings (SSSR count). The molecule has 7 heteroatoms. The van der Waals surface area contributed by atoms with Gasteiger partial charge in [-0.2, -0.15) is 0 Å². The molecule has 2 saturated heterocycles. The van der Waals surface area contributed by atoms with Gasteiger partial charge in [0.15, 0.2) is 0 Å². The highest BCUT2D eigenvalue weighted by Gasteiger charge is 2.37. The molecule has 31 heavy (non-hydrogen) atoms. The van der Waals surface area contributed by atoms with E-state index in [4.69, 9.17) is 4.98 Å². The molecule has 3 aromatic rings. The number of hydrogen-bond acceptors (Lipinski definition) is 5. The summed E-state index contributed by atoms with van der Waals surface area (Å²) in [6.07, 6.45) is 4.00. The summed E-state index contributed by atoms with van der Waals surface area (Å²) < 4.78 is 17.1. The minimum Gasteiger partial charge on any atom is -0.355 e. The van der Waals surface area contributed by atoms with E-state index in [1.165, 1.54) is 0 Å². The summed E-state index contributed by atoms with van der Waals surface area (Å²) in [4.78, 5) is 16.6. The highest BCUT2D eigenvalue weighted by Crippen LogP contribution is 2.41. The molecule has 0 saturated carbocycles. The number of likely N-dealkylation sites (tertiary alicyclic amines) is 1. The van der Waals surface area contributed by atoms with E-state index in [9.17, 15) is 4.39 Å². The lowest BCUT2D eigenvalue weighted by Gasteiger charge is -2.40. The van der Waals surface area contributed by atoms with E-state index in [2.05, 4.69) is 69.5 Å². The molecule has 2 fully saturated rings. The van der Waals surface area contributed by atoms with Gasteiger partial charge >= 0.3 is 0 Å². The minimum absolute atomic E-state index is 0.0446. The van der Waals surface area contributed by atoms with Crippen molar-refractivity contribution in [2.45, 2.75) is 38.0 Å². The zero-order valence-electron chi connectivity index (χ0n) is 18.6. The topological polar surface area (TPSA) is 39.9 Å². The molecule has 0 spiro atoms. The molecular weight excluding hydrogens is 391 g/mol. The molecule has 0 radical (unpaired) electrons. The second-order valence-electron chi connectivity index (χ2n) is 9.04. The quantitative estimate of drug-likeness (QED) is 0.645. The van der Waals surface area contributed by atoms with Crippen molar-refractivity contribution in [2.24, 2.45) is 0 Å². The summed E-state index contributed by atoms with van der Waals surface area (Å²) in [6.45, 7) is 6.16. The molecule has 2 aliphatic heterocycles. The first-order valence-corrected chi connectivity index (χ1v) is 11.2. The third-order valence-electron chi connectivity index (χ3n) is 6.96. The van der Waals surface area contributed by atoms with Crippen molar-refractivity contribution in [3.63, 3.8) is 0 Å². The molecule has 0 amide bonds. The summed E-state index contributed by atoms with van der Waals surface area (Å²) in [6, 6.07) is 10.1. The fourth-order valence-electron chi connectivity index (χ4n) is 5.08. The Morgan fingerprint density at radius 3 is 2.52 bits per heavy atom. The first-order valence-electron chi connectivity index (χ1n) is 11.2. The van der Waals surface area contributed by atoms with Crippen LogP contribution >= 0.6 is 0 Å². The maximum absolute atomic E-state index is 14.9. The van der Waals surface area contributed by atoms with Crippen LogP contribution in [0.15, 0.2) is 42.7 Å². The number of fused-ring (bicyclic) bond motifs is 1. The number of hydrogen-bond donors (Lipinski definition) is 0. The van der Waals surface area contributed by atoms with Crippen LogP contribution in [0.4, 0.5) is 10.2 Å². The van der Waals surface area contributed by atoms with Crippen LogP contribution in [0.5, 0.6) is 0 Å². The van der Waals surface area contributed by atoms with Gasteiger partial charge in [-0.25, -0.2) is 9.37 Å². The van der Waals surface area contributed by atoms with Gasteiger partial charge in [0.25, 0.3) is 0 Å². The summed E-state index contributed by atoms with van der Waals surface area (Å²) in [7, 11) is 4.25. The predicted molar refractivity (Wildman–Crippen MR) is 121 cm³/mol. The number of nitrogens with zero attached hydrogens (tertiary/aromatic N) is 6. The van der Waals surface area contributed by atoms with Crippen LogP contribution in [0, 0.1) is 6.92 Å². The largest absolute Gasteiger partial charge is 0.355 e. The fraction of sp³-hybridized carbons (Fsp3) is 0.500. The summed E-state index contributed by atoms with van der Waals surface area (Å²) in [5, 5.41) is 0. The number of imidazole rings is 1. The number of likely N-dealkylation sites (N-methyl/N-ethyl adjacent to an activating group) is 1. The number of rotatable bonds is 3. The molecular formula is C24H31FN6. The predicted octanol–water partition coefficient (Wildman–Crippen LogP) is 3.64. The number of alkyl halides is 1. The van der Waals surface area contributed by atoms with Gasteiger partial charge in [-0.05, 0) is 57.6 Å². The standard InChI is InChI=1S/C24H31FN6/c1-17-6-5-9-26-24(17)21-15-18(25)14-20(29(21)3)19-16-31-22(27-19)7-4-8-23(31)30-12-10-28(2)11-13-30/h4-9,16,18,20-21H,10-15H2,1-3H3/t18-,20+,21-/m0/s1.